The fourth-order valence-electron chi connectivity index (χ4n) is 5.02. The highest BCUT2D eigenvalue weighted by molar-refractivity contribution is 6.04. The van der Waals surface area contributed by atoms with Crippen molar-refractivity contribution in [3.8, 4) is 0 Å². The number of amides is 2. The minimum atomic E-state index is -4.46. The van der Waals surface area contributed by atoms with E-state index in [4.69, 9.17) is 5.53 Å². The van der Waals surface area contributed by atoms with Crippen molar-refractivity contribution in [2.45, 2.75) is 38.5 Å². The van der Waals surface area contributed by atoms with E-state index in [1.165, 1.54) is 24.5 Å². The Kier molecular flexibility index (Phi) is 7.01. The van der Waals surface area contributed by atoms with E-state index in [0.717, 1.165) is 12.1 Å². The summed E-state index contributed by atoms with van der Waals surface area (Å²) in [4.78, 5) is 31.1. The second-order valence-electron chi connectivity index (χ2n) is 10.3. The van der Waals surface area contributed by atoms with Crippen molar-refractivity contribution in [2.75, 3.05) is 11.9 Å². The summed E-state index contributed by atoms with van der Waals surface area (Å²) in [5, 5.41) is 17.4. The number of carbonyl (C=O) groups is 2. The molecule has 1 aliphatic heterocycles. The summed E-state index contributed by atoms with van der Waals surface area (Å²) < 4.78 is 40.9. The van der Waals surface area contributed by atoms with Crippen molar-refractivity contribution < 1.29 is 22.8 Å². The molecule has 14 heteroatoms. The van der Waals surface area contributed by atoms with Crippen LogP contribution < -0.4 is 5.32 Å². The zero-order chi connectivity index (χ0) is 29.4. The Morgan fingerprint density at radius 2 is 1.85 bits per heavy atom. The second-order valence-corrected chi connectivity index (χ2v) is 10.3. The minimum absolute atomic E-state index is 0.0869. The predicted molar refractivity (Wildman–Crippen MR) is 142 cm³/mol. The number of azide groups is 1. The normalized spacial score (nSPS) is 14.2. The van der Waals surface area contributed by atoms with E-state index in [9.17, 15) is 22.8 Å². The molecule has 0 spiro atoms. The molecule has 4 aromatic rings. The third-order valence-corrected chi connectivity index (χ3v) is 6.77. The minimum Gasteiger partial charge on any atom is -0.333 e. The molecule has 2 N–H and O–H groups in total. The van der Waals surface area contributed by atoms with E-state index in [0.29, 0.717) is 40.3 Å². The number of aromatic nitrogens is 4. The van der Waals surface area contributed by atoms with E-state index in [1.54, 1.807) is 33.8 Å². The highest BCUT2D eigenvalue weighted by atomic mass is 19.4. The lowest BCUT2D eigenvalue weighted by Crippen LogP contribution is -2.46. The third kappa shape index (κ3) is 5.63. The first-order chi connectivity index (χ1) is 19.5. The molecule has 0 atom stereocenters. The van der Waals surface area contributed by atoms with Gasteiger partial charge in [-0.1, -0.05) is 43.2 Å². The topological polar surface area (TPSA) is 145 Å². The van der Waals surface area contributed by atoms with Gasteiger partial charge in [0.2, 0.25) is 0 Å². The zero-order valence-corrected chi connectivity index (χ0v) is 22.0. The van der Waals surface area contributed by atoms with Gasteiger partial charge >= 0.3 is 6.18 Å². The number of carbonyl (C=O) groups excluding carboxylic acids is 2. The van der Waals surface area contributed by atoms with Crippen molar-refractivity contribution >= 4 is 23.2 Å². The van der Waals surface area contributed by atoms with Crippen LogP contribution in [0.25, 0.3) is 10.4 Å². The molecule has 0 aliphatic carbocycles. The Labute approximate surface area is 231 Å². The Balaban J connectivity index is 1.52. The molecule has 2 aromatic heterocycles. The van der Waals surface area contributed by atoms with E-state index < -0.39 is 23.1 Å². The number of hydrogen-bond acceptors (Lipinski definition) is 5. The van der Waals surface area contributed by atoms with E-state index in [2.05, 4.69) is 30.6 Å². The largest absolute Gasteiger partial charge is 0.416 e. The second kappa shape index (κ2) is 10.5. The number of hydrogen-bond donors (Lipinski definition) is 2. The van der Waals surface area contributed by atoms with Crippen molar-refractivity contribution in [1.82, 2.24) is 24.9 Å². The number of rotatable bonds is 6. The summed E-state index contributed by atoms with van der Waals surface area (Å²) in [6, 6.07) is 11.0. The lowest BCUT2D eigenvalue weighted by atomic mass is 9.81. The maximum Gasteiger partial charge on any atom is 0.416 e. The average molecular weight is 564 g/mol. The fraction of sp³-hybridized carbons (Fsp3) is 0.259. The van der Waals surface area contributed by atoms with Gasteiger partial charge in [-0.3, -0.25) is 19.4 Å². The summed E-state index contributed by atoms with van der Waals surface area (Å²) in [5.74, 6) is -0.801. The van der Waals surface area contributed by atoms with Crippen LogP contribution in [0.3, 0.4) is 0 Å². The number of benzene rings is 2. The van der Waals surface area contributed by atoms with Crippen molar-refractivity contribution in [2.24, 2.45) is 5.11 Å². The molecule has 3 heterocycles. The van der Waals surface area contributed by atoms with Gasteiger partial charge in [-0.05, 0) is 35.4 Å². The van der Waals surface area contributed by atoms with Crippen LogP contribution in [0.15, 0.2) is 66.0 Å². The third-order valence-electron chi connectivity index (χ3n) is 6.77. The van der Waals surface area contributed by atoms with Gasteiger partial charge < -0.3 is 10.2 Å². The van der Waals surface area contributed by atoms with Gasteiger partial charge in [0.1, 0.15) is 0 Å². The first kappa shape index (κ1) is 27.5. The van der Waals surface area contributed by atoms with Gasteiger partial charge in [0.05, 0.1) is 36.1 Å². The van der Waals surface area contributed by atoms with Crippen LogP contribution in [-0.2, 0) is 24.7 Å². The first-order valence-corrected chi connectivity index (χ1v) is 12.5. The molecule has 1 aliphatic rings. The number of nitrogens with one attached hydrogen (secondary N) is 2. The molecule has 0 saturated carbocycles. The summed E-state index contributed by atoms with van der Waals surface area (Å²) >= 11 is 0. The fourth-order valence-corrected chi connectivity index (χ4v) is 5.02. The molecule has 210 valence electrons. The smallest absolute Gasteiger partial charge is 0.333 e. The Morgan fingerprint density at radius 3 is 2.46 bits per heavy atom. The number of halogens is 3. The van der Waals surface area contributed by atoms with Gasteiger partial charge in [0, 0.05) is 40.0 Å². The van der Waals surface area contributed by atoms with Gasteiger partial charge in [-0.25, -0.2) is 0 Å². The Bertz CT molecular complexity index is 1630. The molecule has 0 bridgehead atoms. The number of nitrogens with zero attached hydrogens (tertiary/aromatic N) is 7. The molecule has 41 heavy (non-hydrogen) atoms. The summed E-state index contributed by atoms with van der Waals surface area (Å²) in [7, 11) is 0. The Hall–Kier alpha value is -5.10. The van der Waals surface area contributed by atoms with Crippen LogP contribution in [-0.4, -0.2) is 43.2 Å². The van der Waals surface area contributed by atoms with Crippen LogP contribution >= 0.6 is 0 Å². The van der Waals surface area contributed by atoms with Crippen LogP contribution in [0, 0.1) is 0 Å². The molecular formula is C27H24F3N9O2. The maximum atomic E-state index is 13.5. The zero-order valence-electron chi connectivity index (χ0n) is 22.0. The average Bonchev–Trinajstić information content (AvgIpc) is 3.58. The van der Waals surface area contributed by atoms with Crippen LogP contribution in [0.4, 0.5) is 24.5 Å². The number of aromatic amines is 1. The molecule has 2 amide bonds. The first-order valence-electron chi connectivity index (χ1n) is 12.5. The van der Waals surface area contributed by atoms with Gasteiger partial charge in [0.15, 0.2) is 5.69 Å². The lowest BCUT2D eigenvalue weighted by molar-refractivity contribution is -0.137. The number of H-pyrrole nitrogens is 1. The van der Waals surface area contributed by atoms with Crippen LogP contribution in [0.2, 0.25) is 0 Å². The molecule has 0 fully saturated rings. The van der Waals surface area contributed by atoms with E-state index in [1.807, 2.05) is 13.8 Å². The molecule has 0 unspecified atom stereocenters. The number of alkyl halides is 3. The molecule has 0 saturated heterocycles. The lowest BCUT2D eigenvalue weighted by Gasteiger charge is -2.38. The molecule has 2 aromatic carbocycles. The SMILES string of the molecule is CC1(C)CN(C(=O)c2cn[nH]c2)Cc2c(C(=O)Nc3ccc(N=[N+]=[N-])cc3)nn(Cc3ccc(C(F)(F)F)cc3)c21. The van der Waals surface area contributed by atoms with Gasteiger partial charge in [0.25, 0.3) is 11.8 Å². The molecular weight excluding hydrogens is 539 g/mol. The van der Waals surface area contributed by atoms with Crippen molar-refractivity contribution in [3.05, 3.63) is 105 Å². The quantitative estimate of drug-likeness (QED) is 0.173. The van der Waals surface area contributed by atoms with E-state index in [-0.39, 0.29) is 24.7 Å². The highest BCUT2D eigenvalue weighted by Crippen LogP contribution is 2.37. The molecule has 0 radical (unpaired) electrons. The van der Waals surface area contributed by atoms with Crippen molar-refractivity contribution in [1.29, 1.82) is 0 Å². The van der Waals surface area contributed by atoms with E-state index >= 15 is 0 Å². The Morgan fingerprint density at radius 1 is 1.15 bits per heavy atom. The van der Waals surface area contributed by atoms with Gasteiger partial charge in [-0.2, -0.15) is 23.4 Å². The van der Waals surface area contributed by atoms with Crippen LogP contribution in [0.5, 0.6) is 0 Å². The highest BCUT2D eigenvalue weighted by Gasteiger charge is 2.41. The van der Waals surface area contributed by atoms with Gasteiger partial charge in [-0.15, -0.1) is 0 Å². The number of anilines is 1. The van der Waals surface area contributed by atoms with Crippen LogP contribution in [0.1, 0.15) is 57.1 Å². The molecule has 11 nitrogen and oxygen atoms in total. The standard InChI is InChI=1S/C27H24F3N9O2/c1-26(2)15-38(25(41)17-11-32-33-12-17)14-21-22(24(40)34-19-7-9-20(10-8-19)35-37-31)36-39(23(21)26)13-16-3-5-18(6-4-16)27(28,29)30/h3-12H,13-15H2,1-2H3,(H,32,33)(H,34,40). The maximum absolute atomic E-state index is 13.5. The number of fused-ring (bicyclic) bond motifs is 1. The van der Waals surface area contributed by atoms with Crippen molar-refractivity contribution in [3.63, 3.8) is 0 Å². The predicted octanol–water partition coefficient (Wildman–Crippen LogP) is 5.80. The molecule has 5 rings (SSSR count). The summed E-state index contributed by atoms with van der Waals surface area (Å²) in [5.41, 5.74) is 10.3. The summed E-state index contributed by atoms with van der Waals surface area (Å²) in [6.07, 6.45) is -1.54. The summed E-state index contributed by atoms with van der Waals surface area (Å²) in [6.45, 7) is 4.36. The monoisotopic (exact) mass is 563 g/mol.